The number of halogens is 2. The maximum absolute atomic E-state index is 6.59. The highest BCUT2D eigenvalue weighted by Crippen LogP contribution is 2.34. The maximum Gasteiger partial charge on any atom is 0.160 e. The fourth-order valence-electron chi connectivity index (χ4n) is 2.29. The molecule has 0 spiro atoms. The van der Waals surface area contributed by atoms with E-state index in [0.29, 0.717) is 0 Å². The fraction of sp³-hybridized carbons (Fsp3) is 0.294. The van der Waals surface area contributed by atoms with E-state index >= 15 is 0 Å². The van der Waals surface area contributed by atoms with Crippen molar-refractivity contribution >= 4 is 27.5 Å². The Morgan fingerprint density at radius 2 is 1.81 bits per heavy atom. The van der Waals surface area contributed by atoms with Crippen molar-refractivity contribution in [2.45, 2.75) is 18.7 Å². The highest BCUT2D eigenvalue weighted by molar-refractivity contribution is 9.10. The molecule has 0 heterocycles. The molecule has 1 atom stereocenters. The van der Waals surface area contributed by atoms with Gasteiger partial charge in [-0.25, -0.2) is 0 Å². The van der Waals surface area contributed by atoms with Gasteiger partial charge in [0.05, 0.1) is 19.6 Å². The number of ether oxygens (including phenoxy) is 2. The van der Waals surface area contributed by atoms with E-state index in [1.807, 2.05) is 30.3 Å². The van der Waals surface area contributed by atoms with Crippen LogP contribution in [0, 0.1) is 6.92 Å². The molecule has 1 unspecified atom stereocenters. The van der Waals surface area contributed by atoms with E-state index in [0.717, 1.165) is 33.5 Å². The van der Waals surface area contributed by atoms with Crippen LogP contribution in [-0.2, 0) is 6.42 Å². The third kappa shape index (κ3) is 3.72. The summed E-state index contributed by atoms with van der Waals surface area (Å²) < 4.78 is 11.7. The first-order valence-corrected chi connectivity index (χ1v) is 7.89. The number of alkyl halides is 1. The Morgan fingerprint density at radius 3 is 2.48 bits per heavy atom. The van der Waals surface area contributed by atoms with Crippen LogP contribution in [0.4, 0.5) is 0 Å². The van der Waals surface area contributed by atoms with Gasteiger partial charge in [0.15, 0.2) is 11.5 Å². The van der Waals surface area contributed by atoms with Crippen molar-refractivity contribution in [2.24, 2.45) is 0 Å². The second-order valence-electron chi connectivity index (χ2n) is 4.82. The van der Waals surface area contributed by atoms with Crippen LogP contribution in [0.2, 0.25) is 0 Å². The van der Waals surface area contributed by atoms with Crippen molar-refractivity contribution in [3.63, 3.8) is 0 Å². The molecule has 0 aliphatic heterocycles. The lowest BCUT2D eigenvalue weighted by Gasteiger charge is -2.15. The van der Waals surface area contributed by atoms with Crippen LogP contribution in [0.1, 0.15) is 22.1 Å². The lowest BCUT2D eigenvalue weighted by Crippen LogP contribution is -2.00. The first-order chi connectivity index (χ1) is 10.1. The Bertz CT molecular complexity index is 628. The molecule has 2 nitrogen and oxygen atoms in total. The van der Waals surface area contributed by atoms with Gasteiger partial charge in [-0.15, -0.1) is 11.6 Å². The van der Waals surface area contributed by atoms with Crippen LogP contribution >= 0.6 is 27.5 Å². The zero-order valence-electron chi connectivity index (χ0n) is 12.3. The van der Waals surface area contributed by atoms with E-state index in [9.17, 15) is 0 Å². The topological polar surface area (TPSA) is 18.5 Å². The average Bonchev–Trinajstić information content (AvgIpc) is 2.49. The summed E-state index contributed by atoms with van der Waals surface area (Å²) in [7, 11) is 3.27. The van der Waals surface area contributed by atoms with Crippen molar-refractivity contribution in [2.75, 3.05) is 14.2 Å². The van der Waals surface area contributed by atoms with Gasteiger partial charge in [0.1, 0.15) is 0 Å². The molecule has 2 aromatic rings. The molecular formula is C17H18BrClO2. The summed E-state index contributed by atoms with van der Waals surface area (Å²) in [6.45, 7) is 2.07. The summed E-state index contributed by atoms with van der Waals surface area (Å²) >= 11 is 10.1. The zero-order valence-corrected chi connectivity index (χ0v) is 14.7. The number of hydrogen-bond acceptors (Lipinski definition) is 2. The summed E-state index contributed by atoms with van der Waals surface area (Å²) in [6, 6.07) is 12.0. The van der Waals surface area contributed by atoms with Crippen molar-refractivity contribution in [3.8, 4) is 11.5 Å². The SMILES string of the molecule is COc1ccc(CC(Cl)c2cccc(Br)c2C)cc1OC. The Kier molecular flexibility index (Phi) is 5.54. The van der Waals surface area contributed by atoms with Crippen molar-refractivity contribution in [3.05, 3.63) is 57.6 Å². The van der Waals surface area contributed by atoms with Gasteiger partial charge in [-0.05, 0) is 48.2 Å². The van der Waals surface area contributed by atoms with Crippen LogP contribution < -0.4 is 9.47 Å². The van der Waals surface area contributed by atoms with Gasteiger partial charge in [0, 0.05) is 4.47 Å². The second-order valence-corrected chi connectivity index (χ2v) is 6.20. The molecule has 2 aromatic carbocycles. The number of benzene rings is 2. The summed E-state index contributed by atoms with van der Waals surface area (Å²) in [4.78, 5) is 0. The van der Waals surface area contributed by atoms with Crippen molar-refractivity contribution < 1.29 is 9.47 Å². The van der Waals surface area contributed by atoms with Gasteiger partial charge < -0.3 is 9.47 Å². The van der Waals surface area contributed by atoms with Crippen molar-refractivity contribution in [1.82, 2.24) is 0 Å². The molecule has 2 rings (SSSR count). The third-order valence-electron chi connectivity index (χ3n) is 3.51. The van der Waals surface area contributed by atoms with Gasteiger partial charge in [0.25, 0.3) is 0 Å². The molecule has 0 aromatic heterocycles. The molecule has 0 fully saturated rings. The molecule has 0 N–H and O–H groups in total. The Hall–Kier alpha value is -1.19. The van der Waals surface area contributed by atoms with Crippen LogP contribution in [-0.4, -0.2) is 14.2 Å². The highest BCUT2D eigenvalue weighted by atomic mass is 79.9. The first kappa shape index (κ1) is 16.2. The summed E-state index contributed by atoms with van der Waals surface area (Å²) in [5.41, 5.74) is 3.44. The summed E-state index contributed by atoms with van der Waals surface area (Å²) in [6.07, 6.45) is 0.735. The minimum atomic E-state index is -0.0828. The number of hydrogen-bond donors (Lipinski definition) is 0. The highest BCUT2D eigenvalue weighted by Gasteiger charge is 2.14. The first-order valence-electron chi connectivity index (χ1n) is 6.66. The van der Waals surface area contributed by atoms with E-state index in [4.69, 9.17) is 21.1 Å². The molecule has 0 saturated carbocycles. The predicted molar refractivity (Wildman–Crippen MR) is 90.7 cm³/mol. The molecule has 0 aliphatic carbocycles. The van der Waals surface area contributed by atoms with Crippen molar-refractivity contribution in [1.29, 1.82) is 0 Å². The van der Waals surface area contributed by atoms with Gasteiger partial charge in [0.2, 0.25) is 0 Å². The van der Waals surface area contributed by atoms with Gasteiger partial charge in [-0.3, -0.25) is 0 Å². The molecule has 21 heavy (non-hydrogen) atoms. The maximum atomic E-state index is 6.59. The van der Waals surface area contributed by atoms with Crippen LogP contribution in [0.25, 0.3) is 0 Å². The van der Waals surface area contributed by atoms with Crippen LogP contribution in [0.15, 0.2) is 40.9 Å². The average molecular weight is 370 g/mol. The van der Waals surface area contributed by atoms with E-state index in [1.54, 1.807) is 14.2 Å². The van der Waals surface area contributed by atoms with E-state index in [-0.39, 0.29) is 5.38 Å². The fourth-order valence-corrected chi connectivity index (χ4v) is 3.08. The largest absolute Gasteiger partial charge is 0.493 e. The van der Waals surface area contributed by atoms with E-state index in [1.165, 1.54) is 5.56 Å². The lowest BCUT2D eigenvalue weighted by molar-refractivity contribution is 0.354. The molecule has 0 amide bonds. The number of rotatable bonds is 5. The Morgan fingerprint density at radius 1 is 1.10 bits per heavy atom. The third-order valence-corrected chi connectivity index (χ3v) is 4.76. The molecule has 112 valence electrons. The summed E-state index contributed by atoms with van der Waals surface area (Å²) in [5, 5.41) is -0.0828. The van der Waals surface area contributed by atoms with Gasteiger partial charge >= 0.3 is 0 Å². The zero-order chi connectivity index (χ0) is 15.4. The molecule has 0 saturated heterocycles. The van der Waals surface area contributed by atoms with Gasteiger partial charge in [-0.2, -0.15) is 0 Å². The second kappa shape index (κ2) is 7.19. The van der Waals surface area contributed by atoms with Crippen LogP contribution in [0.3, 0.4) is 0 Å². The van der Waals surface area contributed by atoms with Gasteiger partial charge in [-0.1, -0.05) is 34.1 Å². The monoisotopic (exact) mass is 368 g/mol. The molecule has 0 aliphatic rings. The minimum Gasteiger partial charge on any atom is -0.493 e. The molecular weight excluding hydrogens is 352 g/mol. The quantitative estimate of drug-likeness (QED) is 0.666. The Labute approximate surface area is 139 Å². The van der Waals surface area contributed by atoms with E-state index in [2.05, 4.69) is 28.9 Å². The van der Waals surface area contributed by atoms with Crippen LogP contribution in [0.5, 0.6) is 11.5 Å². The lowest BCUT2D eigenvalue weighted by atomic mass is 10.00. The molecule has 0 bridgehead atoms. The molecule has 0 radical (unpaired) electrons. The number of methoxy groups -OCH3 is 2. The summed E-state index contributed by atoms with van der Waals surface area (Å²) in [5.74, 6) is 1.45. The Balaban J connectivity index is 2.23. The smallest absolute Gasteiger partial charge is 0.160 e. The normalized spacial score (nSPS) is 12.0. The minimum absolute atomic E-state index is 0.0828. The standard InChI is InChI=1S/C17H18BrClO2/c1-11-13(5-4-6-14(11)18)15(19)9-12-7-8-16(20-2)17(10-12)21-3/h4-8,10,15H,9H2,1-3H3. The molecule has 4 heteroatoms. The predicted octanol–water partition coefficient (Wildman–Crippen LogP) is 5.30. The van der Waals surface area contributed by atoms with E-state index < -0.39 is 0 Å².